The van der Waals surface area contributed by atoms with Gasteiger partial charge in [0.25, 0.3) is 0 Å². The van der Waals surface area contributed by atoms with Crippen LogP contribution in [0.15, 0.2) is 11.6 Å². The highest BCUT2D eigenvalue weighted by atomic mass is 16.5. The van der Waals surface area contributed by atoms with Gasteiger partial charge in [0.15, 0.2) is 0 Å². The van der Waals surface area contributed by atoms with Gasteiger partial charge >= 0.3 is 5.97 Å². The van der Waals surface area contributed by atoms with Crippen LogP contribution in [0.25, 0.3) is 6.08 Å². The maximum Gasteiger partial charge on any atom is 0.340 e. The molecule has 0 aliphatic heterocycles. The second kappa shape index (κ2) is 8.30. The quantitative estimate of drug-likeness (QED) is 0.343. The van der Waals surface area contributed by atoms with Crippen molar-refractivity contribution >= 4 is 17.8 Å². The molecule has 0 spiro atoms. The Morgan fingerprint density at radius 2 is 1.82 bits per heavy atom. The fourth-order valence-electron chi connectivity index (χ4n) is 3.71. The van der Waals surface area contributed by atoms with Crippen molar-refractivity contribution < 1.29 is 14.3 Å². The van der Waals surface area contributed by atoms with Crippen LogP contribution in [-0.4, -0.2) is 27.9 Å². The van der Waals surface area contributed by atoms with Gasteiger partial charge in [0.1, 0.15) is 11.6 Å². The summed E-state index contributed by atoms with van der Waals surface area (Å²) in [6, 6.07) is 4.24. The number of esters is 1. The van der Waals surface area contributed by atoms with Crippen LogP contribution in [-0.2, 0) is 4.74 Å². The largest absolute Gasteiger partial charge is 0.462 e. The molecule has 6 heteroatoms. The zero-order valence-electron chi connectivity index (χ0n) is 17.6. The molecule has 28 heavy (non-hydrogen) atoms. The van der Waals surface area contributed by atoms with Crippen molar-refractivity contribution in [1.29, 1.82) is 5.26 Å². The molecule has 148 valence electrons. The van der Waals surface area contributed by atoms with Crippen molar-refractivity contribution in [2.75, 3.05) is 6.61 Å². The number of nitriles is 1. The zero-order chi connectivity index (χ0) is 21.2. The number of Topliss-reactive ketones (excluding diaryl/α,β-unsaturated/α-hetero) is 1. The second-order valence-electron chi connectivity index (χ2n) is 7.13. The second-order valence-corrected chi connectivity index (χ2v) is 7.13. The van der Waals surface area contributed by atoms with Crippen LogP contribution in [0.5, 0.6) is 0 Å². The number of ether oxygens (including phenoxy) is 1. The number of hydrogen-bond donors (Lipinski definition) is 1. The van der Waals surface area contributed by atoms with Gasteiger partial charge in [-0.05, 0) is 66.2 Å². The summed E-state index contributed by atoms with van der Waals surface area (Å²) in [5, 5.41) is 9.65. The van der Waals surface area contributed by atoms with Crippen LogP contribution < -0.4 is 0 Å². The minimum Gasteiger partial charge on any atom is -0.462 e. The summed E-state index contributed by atoms with van der Waals surface area (Å²) in [6.45, 7) is 13.5. The zero-order valence-corrected chi connectivity index (χ0v) is 17.6. The molecule has 0 saturated heterocycles. The van der Waals surface area contributed by atoms with Gasteiger partial charge in [0.05, 0.1) is 17.7 Å². The number of ketones is 1. The van der Waals surface area contributed by atoms with E-state index in [4.69, 9.17) is 4.74 Å². The minimum atomic E-state index is -0.567. The van der Waals surface area contributed by atoms with E-state index >= 15 is 0 Å². The van der Waals surface area contributed by atoms with E-state index in [1.807, 2.05) is 26.0 Å². The van der Waals surface area contributed by atoms with Gasteiger partial charge in [-0.3, -0.25) is 4.79 Å². The molecule has 0 bridgehead atoms. The highest BCUT2D eigenvalue weighted by Gasteiger charge is 2.27. The summed E-state index contributed by atoms with van der Waals surface area (Å²) in [4.78, 5) is 28.5. The average molecular weight is 381 g/mol. The number of H-pyrrole nitrogens is 1. The monoisotopic (exact) mass is 381 g/mol. The van der Waals surface area contributed by atoms with Gasteiger partial charge in [-0.2, -0.15) is 5.26 Å². The molecule has 0 aliphatic rings. The first-order valence-electron chi connectivity index (χ1n) is 9.35. The van der Waals surface area contributed by atoms with Crippen molar-refractivity contribution in [3.63, 3.8) is 0 Å². The van der Waals surface area contributed by atoms with Gasteiger partial charge in [0, 0.05) is 28.8 Å². The lowest BCUT2D eigenvalue weighted by Crippen LogP contribution is -2.13. The van der Waals surface area contributed by atoms with Crippen LogP contribution in [0.4, 0.5) is 0 Å². The summed E-state index contributed by atoms with van der Waals surface area (Å²) in [5.41, 5.74) is 4.33. The molecule has 0 unspecified atom stereocenters. The molecule has 2 aromatic rings. The summed E-state index contributed by atoms with van der Waals surface area (Å²) in [5.74, 6) is -1.05. The van der Waals surface area contributed by atoms with Crippen molar-refractivity contribution in [3.05, 3.63) is 51.1 Å². The molecule has 0 saturated carbocycles. The van der Waals surface area contributed by atoms with Crippen LogP contribution in [0.3, 0.4) is 0 Å². The third-order valence-electron chi connectivity index (χ3n) is 4.79. The van der Waals surface area contributed by atoms with Crippen LogP contribution in [0.1, 0.15) is 75.9 Å². The number of carbonyl (C=O) groups is 2. The third-order valence-corrected chi connectivity index (χ3v) is 4.79. The number of aromatic amines is 1. The normalized spacial score (nSPS) is 11.6. The first-order chi connectivity index (χ1) is 13.1. The maximum atomic E-state index is 13.2. The number of nitrogens with zero attached hydrogens (tertiary/aromatic N) is 2. The molecule has 0 atom stereocenters. The van der Waals surface area contributed by atoms with Crippen molar-refractivity contribution in [2.45, 2.75) is 54.5 Å². The molecule has 0 aromatic carbocycles. The number of carbonyl (C=O) groups excluding carboxylic acids is 2. The van der Waals surface area contributed by atoms with Crippen LogP contribution in [0.2, 0.25) is 0 Å². The Morgan fingerprint density at radius 3 is 2.32 bits per heavy atom. The van der Waals surface area contributed by atoms with Crippen LogP contribution >= 0.6 is 0 Å². The van der Waals surface area contributed by atoms with Crippen molar-refractivity contribution in [3.8, 4) is 6.07 Å². The van der Waals surface area contributed by atoms with E-state index in [1.165, 1.54) is 0 Å². The smallest absolute Gasteiger partial charge is 0.340 e. The first kappa shape index (κ1) is 21.2. The molecule has 6 nitrogen and oxygen atoms in total. The van der Waals surface area contributed by atoms with E-state index in [0.29, 0.717) is 11.4 Å². The summed E-state index contributed by atoms with van der Waals surface area (Å²) in [7, 11) is 0. The molecular weight excluding hydrogens is 354 g/mol. The molecular formula is C22H27N3O3. The Labute approximate surface area is 165 Å². The summed E-state index contributed by atoms with van der Waals surface area (Å²) >= 11 is 0. The Hall–Kier alpha value is -3.07. The molecule has 1 N–H and O–H groups in total. The number of aryl methyl sites for hydroxylation is 3. The Bertz CT molecular complexity index is 997. The van der Waals surface area contributed by atoms with E-state index in [2.05, 4.69) is 23.4 Å². The van der Waals surface area contributed by atoms with Gasteiger partial charge in [-0.15, -0.1) is 0 Å². The summed E-state index contributed by atoms with van der Waals surface area (Å²) < 4.78 is 7.25. The predicted molar refractivity (Wildman–Crippen MR) is 108 cm³/mol. The number of rotatable bonds is 6. The summed E-state index contributed by atoms with van der Waals surface area (Å²) in [6.07, 6.45) is 1.60. The van der Waals surface area contributed by atoms with E-state index in [9.17, 15) is 14.9 Å². The molecule has 2 rings (SSSR count). The number of aromatic nitrogens is 2. The maximum absolute atomic E-state index is 13.2. The highest BCUT2D eigenvalue weighted by molar-refractivity contribution is 6.19. The third kappa shape index (κ3) is 3.79. The van der Waals surface area contributed by atoms with Gasteiger partial charge in [-0.1, -0.05) is 0 Å². The first-order valence-corrected chi connectivity index (χ1v) is 9.35. The standard InChI is InChI=1S/C22H27N3O3/c1-8-28-22(27)20-15(6)24-14(5)19(20)21(26)18(11-23)10-17-9-13(4)25(12(2)3)16(17)7/h9-10,12,24H,8H2,1-7H3/b18-10+. The van der Waals surface area contributed by atoms with Crippen LogP contribution in [0, 0.1) is 39.0 Å². The SMILES string of the molecule is CCOC(=O)c1c(C)[nH]c(C)c1C(=O)/C(C#N)=C/c1cc(C)n(C(C)C)c1C. The van der Waals surface area contributed by atoms with Gasteiger partial charge < -0.3 is 14.3 Å². The lowest BCUT2D eigenvalue weighted by atomic mass is 9.98. The predicted octanol–water partition coefficient (Wildman–Crippen LogP) is 4.60. The van der Waals surface area contributed by atoms with Crippen molar-refractivity contribution in [1.82, 2.24) is 9.55 Å². The number of allylic oxidation sites excluding steroid dienone is 1. The lowest BCUT2D eigenvalue weighted by Gasteiger charge is -2.13. The molecule has 0 amide bonds. The fraction of sp³-hybridized carbons (Fsp3) is 0.409. The Kier molecular flexibility index (Phi) is 6.30. The Balaban J connectivity index is 2.58. The molecule has 0 fully saturated rings. The fourth-order valence-corrected chi connectivity index (χ4v) is 3.71. The molecule has 2 heterocycles. The topological polar surface area (TPSA) is 87.9 Å². The molecule has 0 aliphatic carbocycles. The van der Waals surface area contributed by atoms with Gasteiger partial charge in [0.2, 0.25) is 5.78 Å². The lowest BCUT2D eigenvalue weighted by molar-refractivity contribution is 0.0523. The van der Waals surface area contributed by atoms with E-state index in [-0.39, 0.29) is 29.3 Å². The minimum absolute atomic E-state index is 0.0170. The Morgan fingerprint density at radius 1 is 1.21 bits per heavy atom. The number of hydrogen-bond acceptors (Lipinski definition) is 4. The molecule has 0 radical (unpaired) electrons. The van der Waals surface area contributed by atoms with Gasteiger partial charge in [-0.25, -0.2) is 4.79 Å². The highest BCUT2D eigenvalue weighted by Crippen LogP contribution is 2.26. The molecule has 2 aromatic heterocycles. The van der Waals surface area contributed by atoms with Crippen molar-refractivity contribution in [2.24, 2.45) is 0 Å². The van der Waals surface area contributed by atoms with E-state index in [1.54, 1.807) is 26.8 Å². The van der Waals surface area contributed by atoms with E-state index < -0.39 is 11.8 Å². The average Bonchev–Trinajstić information content (AvgIpc) is 3.06. The van der Waals surface area contributed by atoms with E-state index in [0.717, 1.165) is 17.0 Å². The number of nitrogens with one attached hydrogen (secondary N) is 1.